The summed E-state index contributed by atoms with van der Waals surface area (Å²) in [6.07, 6.45) is 0. The predicted molar refractivity (Wildman–Crippen MR) is 83.9 cm³/mol. The number of nitro benzene ring substituents is 3. The third kappa shape index (κ3) is 4.01. The quantitative estimate of drug-likeness (QED) is 0.591. The van der Waals surface area contributed by atoms with Gasteiger partial charge >= 0.3 is 0 Å². The molecule has 0 aromatic heterocycles. The van der Waals surface area contributed by atoms with Crippen molar-refractivity contribution >= 4 is 28.7 Å². The first-order chi connectivity index (χ1) is 11.8. The molecule has 2 aromatic carbocycles. The van der Waals surface area contributed by atoms with Crippen LogP contribution < -0.4 is 10.9 Å². The van der Waals surface area contributed by atoms with E-state index in [0.717, 1.165) is 12.1 Å². The number of rotatable bonds is 6. The molecule has 0 heterocycles. The fraction of sp³-hybridized carbons (Fsp3) is 0. The van der Waals surface area contributed by atoms with E-state index >= 15 is 0 Å². The first-order valence-corrected chi connectivity index (χ1v) is 6.53. The Balaban J connectivity index is 2.26. The molecule has 0 spiro atoms. The highest BCUT2D eigenvalue weighted by molar-refractivity contribution is 5.96. The number of nitrogens with one attached hydrogen (secondary N) is 2. The van der Waals surface area contributed by atoms with E-state index in [-0.39, 0.29) is 16.9 Å². The number of amides is 1. The maximum absolute atomic E-state index is 12.1. The second kappa shape index (κ2) is 6.99. The molecule has 0 atom stereocenters. The van der Waals surface area contributed by atoms with Gasteiger partial charge in [-0.1, -0.05) is 12.1 Å². The Morgan fingerprint density at radius 2 is 1.40 bits per heavy atom. The van der Waals surface area contributed by atoms with Crippen LogP contribution in [0.1, 0.15) is 10.4 Å². The molecule has 0 saturated heterocycles. The molecule has 12 heteroatoms. The smallest absolute Gasteiger partial charge is 0.292 e. The van der Waals surface area contributed by atoms with Gasteiger partial charge in [0.25, 0.3) is 23.0 Å². The number of hydrogen-bond acceptors (Lipinski definition) is 8. The Kier molecular flexibility index (Phi) is 4.83. The van der Waals surface area contributed by atoms with Gasteiger partial charge < -0.3 is 0 Å². The number of nitrogens with zero attached hydrogens (tertiary/aromatic N) is 3. The number of nitro groups is 3. The van der Waals surface area contributed by atoms with Crippen LogP contribution in [0.4, 0.5) is 22.7 Å². The number of benzene rings is 2. The lowest BCUT2D eigenvalue weighted by molar-refractivity contribution is -0.394. The lowest BCUT2D eigenvalue weighted by Crippen LogP contribution is -2.29. The van der Waals surface area contributed by atoms with Gasteiger partial charge in [-0.25, -0.2) is 0 Å². The highest BCUT2D eigenvalue weighted by atomic mass is 16.6. The second-order valence-electron chi connectivity index (χ2n) is 4.61. The average Bonchev–Trinajstić information content (AvgIpc) is 2.59. The van der Waals surface area contributed by atoms with E-state index in [9.17, 15) is 35.1 Å². The van der Waals surface area contributed by atoms with E-state index < -0.39 is 32.1 Å². The van der Waals surface area contributed by atoms with Crippen LogP contribution in [0.3, 0.4) is 0 Å². The summed E-state index contributed by atoms with van der Waals surface area (Å²) in [6, 6.07) is 7.86. The zero-order valence-corrected chi connectivity index (χ0v) is 12.2. The lowest BCUT2D eigenvalue weighted by atomic mass is 10.1. The molecule has 12 nitrogen and oxygen atoms in total. The molecule has 0 aliphatic rings. The molecular weight excluding hydrogens is 338 g/mol. The van der Waals surface area contributed by atoms with Crippen molar-refractivity contribution < 1.29 is 19.6 Å². The van der Waals surface area contributed by atoms with Gasteiger partial charge in [-0.3, -0.25) is 46.0 Å². The van der Waals surface area contributed by atoms with Crippen molar-refractivity contribution in [2.45, 2.75) is 0 Å². The number of para-hydroxylation sites is 2. The summed E-state index contributed by atoms with van der Waals surface area (Å²) >= 11 is 0. The first kappa shape index (κ1) is 17.3. The predicted octanol–water partition coefficient (Wildman–Crippen LogP) is 2.17. The molecule has 2 N–H and O–H groups in total. The highest BCUT2D eigenvalue weighted by Gasteiger charge is 2.20. The van der Waals surface area contributed by atoms with E-state index in [4.69, 9.17) is 0 Å². The van der Waals surface area contributed by atoms with Gasteiger partial charge in [-0.2, -0.15) is 0 Å². The zero-order chi connectivity index (χ0) is 18.6. The van der Waals surface area contributed by atoms with E-state index in [1.54, 1.807) is 0 Å². The summed E-state index contributed by atoms with van der Waals surface area (Å²) in [4.78, 5) is 42.1. The maximum atomic E-state index is 12.1. The standard InChI is InChI=1S/C13H9N5O7/c19-13(15-14-11-3-1-2-4-12(11)18(24)25)8-5-9(16(20)21)7-10(6-8)17(22)23/h1-7,14H,(H,15,19). The number of hydrogen-bond donors (Lipinski definition) is 2. The summed E-state index contributed by atoms with van der Waals surface area (Å²) in [5, 5.41) is 32.5. The number of carbonyl (C=O) groups excluding carboxylic acids is 1. The summed E-state index contributed by atoms with van der Waals surface area (Å²) in [5.74, 6) is -0.940. The average molecular weight is 347 g/mol. The fourth-order valence-corrected chi connectivity index (χ4v) is 1.87. The summed E-state index contributed by atoms with van der Waals surface area (Å²) in [5.41, 5.74) is 2.45. The highest BCUT2D eigenvalue weighted by Crippen LogP contribution is 2.24. The minimum Gasteiger partial charge on any atom is -0.292 e. The third-order valence-electron chi connectivity index (χ3n) is 3.00. The summed E-state index contributed by atoms with van der Waals surface area (Å²) < 4.78 is 0. The first-order valence-electron chi connectivity index (χ1n) is 6.53. The molecule has 0 bridgehead atoms. The van der Waals surface area contributed by atoms with Crippen molar-refractivity contribution in [2.75, 3.05) is 5.43 Å². The molecule has 0 aliphatic carbocycles. The molecule has 2 rings (SSSR count). The molecule has 0 unspecified atom stereocenters. The van der Waals surface area contributed by atoms with Gasteiger partial charge in [0, 0.05) is 18.2 Å². The van der Waals surface area contributed by atoms with Gasteiger partial charge in [0.2, 0.25) is 0 Å². The summed E-state index contributed by atoms with van der Waals surface area (Å²) in [6.45, 7) is 0. The van der Waals surface area contributed by atoms with Crippen LogP contribution in [0.2, 0.25) is 0 Å². The molecule has 0 saturated carbocycles. The lowest BCUT2D eigenvalue weighted by Gasteiger charge is -2.08. The molecular formula is C13H9N5O7. The zero-order valence-electron chi connectivity index (χ0n) is 12.2. The van der Waals surface area contributed by atoms with Crippen molar-refractivity contribution in [3.05, 3.63) is 78.4 Å². The van der Waals surface area contributed by atoms with Crippen LogP contribution in [-0.2, 0) is 0 Å². The number of anilines is 1. The normalized spacial score (nSPS) is 9.92. The van der Waals surface area contributed by atoms with E-state index in [1.165, 1.54) is 24.3 Å². The number of carbonyl (C=O) groups is 1. The topological polar surface area (TPSA) is 171 Å². The van der Waals surface area contributed by atoms with Crippen molar-refractivity contribution in [3.63, 3.8) is 0 Å². The SMILES string of the molecule is O=C(NNc1ccccc1[N+](=O)[O-])c1cc([N+](=O)[O-])cc([N+](=O)[O-])c1. The minimum absolute atomic E-state index is 0.0271. The van der Waals surface area contributed by atoms with Crippen LogP contribution in [0.5, 0.6) is 0 Å². The summed E-state index contributed by atoms with van der Waals surface area (Å²) in [7, 11) is 0. The number of hydrazine groups is 1. The minimum atomic E-state index is -0.940. The second-order valence-corrected chi connectivity index (χ2v) is 4.61. The Bertz CT molecular complexity index is 851. The molecule has 2 aromatic rings. The Morgan fingerprint density at radius 3 is 1.92 bits per heavy atom. The molecule has 0 radical (unpaired) electrons. The van der Waals surface area contributed by atoms with Crippen LogP contribution in [0, 0.1) is 30.3 Å². The van der Waals surface area contributed by atoms with E-state index in [0.29, 0.717) is 6.07 Å². The molecule has 25 heavy (non-hydrogen) atoms. The van der Waals surface area contributed by atoms with Gasteiger partial charge in [0.05, 0.1) is 26.4 Å². The fourth-order valence-electron chi connectivity index (χ4n) is 1.87. The van der Waals surface area contributed by atoms with Gasteiger partial charge in [-0.05, 0) is 6.07 Å². The van der Waals surface area contributed by atoms with Gasteiger partial charge in [0.1, 0.15) is 5.69 Å². The van der Waals surface area contributed by atoms with Gasteiger partial charge in [-0.15, -0.1) is 0 Å². The Hall–Kier alpha value is -4.09. The number of non-ortho nitro benzene ring substituents is 2. The van der Waals surface area contributed by atoms with Crippen LogP contribution in [0.25, 0.3) is 0 Å². The van der Waals surface area contributed by atoms with Crippen LogP contribution >= 0.6 is 0 Å². The van der Waals surface area contributed by atoms with Crippen LogP contribution in [-0.4, -0.2) is 20.7 Å². The van der Waals surface area contributed by atoms with Crippen molar-refractivity contribution in [1.82, 2.24) is 5.43 Å². The molecule has 0 fully saturated rings. The maximum Gasteiger partial charge on any atom is 0.294 e. The molecule has 128 valence electrons. The van der Waals surface area contributed by atoms with Crippen molar-refractivity contribution in [3.8, 4) is 0 Å². The van der Waals surface area contributed by atoms with Crippen LogP contribution in [0.15, 0.2) is 42.5 Å². The molecule has 1 amide bonds. The van der Waals surface area contributed by atoms with E-state index in [1.807, 2.05) is 0 Å². The molecule has 0 aliphatic heterocycles. The third-order valence-corrected chi connectivity index (χ3v) is 3.00. The largest absolute Gasteiger partial charge is 0.294 e. The van der Waals surface area contributed by atoms with E-state index in [2.05, 4.69) is 10.9 Å². The Morgan fingerprint density at radius 1 is 0.840 bits per heavy atom. The monoisotopic (exact) mass is 347 g/mol. The van der Waals surface area contributed by atoms with Crippen molar-refractivity contribution in [1.29, 1.82) is 0 Å². The Labute approximate surface area is 138 Å². The van der Waals surface area contributed by atoms with Gasteiger partial charge in [0.15, 0.2) is 0 Å². The van der Waals surface area contributed by atoms with Crippen molar-refractivity contribution in [2.24, 2.45) is 0 Å².